The highest BCUT2D eigenvalue weighted by atomic mass is 31.2. The van der Waals surface area contributed by atoms with Gasteiger partial charge in [-0.1, -0.05) is 133 Å². The standard InChI is InChI=1S/C52H57NO6P2/c1-36-31-38(3)49(51(54)60(56,43-21-13-9-14-22-43)44-23-15-10-16-24-44)41(6)47(36)33-53(40(5)35-59-30-29-58-8)34-48-37(2)32-39(4)50(42(48)7)52(55)61(57,45-25-17-11-18-26-45)46-27-19-12-20-28-46/h9-28,31-32,40H,29-30,33-35H2,1-8H3. The van der Waals surface area contributed by atoms with Gasteiger partial charge in [0.25, 0.3) is 0 Å². The second-order valence-electron chi connectivity index (χ2n) is 16.0. The van der Waals surface area contributed by atoms with Crippen LogP contribution in [0.1, 0.15) is 72.1 Å². The van der Waals surface area contributed by atoms with Crippen LogP contribution in [-0.4, -0.2) is 48.9 Å². The molecule has 9 heteroatoms. The lowest BCUT2D eigenvalue weighted by Crippen LogP contribution is -2.37. The van der Waals surface area contributed by atoms with Gasteiger partial charge in [-0.25, -0.2) is 0 Å². The van der Waals surface area contributed by atoms with Gasteiger partial charge in [-0.05, 0) is 93.0 Å². The van der Waals surface area contributed by atoms with Crippen molar-refractivity contribution < 1.29 is 28.2 Å². The quantitative estimate of drug-likeness (QED) is 0.0629. The molecule has 7 nitrogen and oxygen atoms in total. The van der Waals surface area contributed by atoms with E-state index in [1.807, 2.05) is 113 Å². The van der Waals surface area contributed by atoms with Crippen molar-refractivity contribution in [3.05, 3.63) is 189 Å². The molecule has 1 unspecified atom stereocenters. The zero-order valence-electron chi connectivity index (χ0n) is 36.6. The maximum Gasteiger partial charge on any atom is 0.230 e. The van der Waals surface area contributed by atoms with Crippen LogP contribution in [0.15, 0.2) is 133 Å². The smallest absolute Gasteiger partial charge is 0.230 e. The van der Waals surface area contributed by atoms with Crippen molar-refractivity contribution in [2.45, 2.75) is 67.6 Å². The summed E-state index contributed by atoms with van der Waals surface area (Å²) in [7, 11) is -5.93. The highest BCUT2D eigenvalue weighted by molar-refractivity contribution is 7.94. The summed E-state index contributed by atoms with van der Waals surface area (Å²) >= 11 is 0. The number of ether oxygens (including phenoxy) is 2. The number of hydrogen-bond acceptors (Lipinski definition) is 7. The fourth-order valence-corrected chi connectivity index (χ4v) is 13.7. The zero-order valence-corrected chi connectivity index (χ0v) is 38.4. The number of carbonyl (C=O) groups excluding carboxylic acids is 2. The summed E-state index contributed by atoms with van der Waals surface area (Å²) in [6.45, 7) is 16.2. The van der Waals surface area contributed by atoms with Gasteiger partial charge in [0, 0.05) is 58.6 Å². The third-order valence-electron chi connectivity index (χ3n) is 11.9. The first-order valence-corrected chi connectivity index (χ1v) is 24.2. The molecule has 0 saturated carbocycles. The van der Waals surface area contributed by atoms with Crippen LogP contribution in [0.3, 0.4) is 0 Å². The van der Waals surface area contributed by atoms with Gasteiger partial charge >= 0.3 is 0 Å². The summed E-state index contributed by atoms with van der Waals surface area (Å²) < 4.78 is 42.1. The lowest BCUT2D eigenvalue weighted by Gasteiger charge is -2.33. The maximum atomic E-state index is 15.4. The molecule has 6 aromatic carbocycles. The molecule has 0 aliphatic carbocycles. The molecule has 316 valence electrons. The predicted molar refractivity (Wildman–Crippen MR) is 251 cm³/mol. The van der Waals surface area contributed by atoms with E-state index in [2.05, 4.69) is 25.7 Å². The average Bonchev–Trinajstić information content (AvgIpc) is 3.27. The molecule has 1 atom stereocenters. The highest BCUT2D eigenvalue weighted by Crippen LogP contribution is 2.50. The molecular formula is C52H57NO6P2. The van der Waals surface area contributed by atoms with Crippen molar-refractivity contribution in [2.24, 2.45) is 0 Å². The van der Waals surface area contributed by atoms with Gasteiger partial charge in [-0.3, -0.25) is 14.5 Å². The van der Waals surface area contributed by atoms with Crippen molar-refractivity contribution in [3.63, 3.8) is 0 Å². The molecule has 0 N–H and O–H groups in total. The third-order valence-corrected chi connectivity index (χ3v) is 17.6. The van der Waals surface area contributed by atoms with Crippen LogP contribution in [0.5, 0.6) is 0 Å². The van der Waals surface area contributed by atoms with Crippen LogP contribution in [0, 0.1) is 41.5 Å². The van der Waals surface area contributed by atoms with E-state index in [0.29, 0.717) is 65.3 Å². The van der Waals surface area contributed by atoms with Crippen molar-refractivity contribution in [3.8, 4) is 0 Å². The molecule has 0 aliphatic heterocycles. The van der Waals surface area contributed by atoms with E-state index < -0.39 is 25.3 Å². The Morgan fingerprint density at radius 3 is 1.16 bits per heavy atom. The Bertz CT molecular complexity index is 2340. The lowest BCUT2D eigenvalue weighted by molar-refractivity contribution is 0.0299. The Hall–Kier alpha value is -5.00. The van der Waals surface area contributed by atoms with Gasteiger partial charge in [-0.15, -0.1) is 0 Å². The molecule has 0 spiro atoms. The molecule has 6 rings (SSSR count). The first-order chi connectivity index (χ1) is 29.2. The Morgan fingerprint density at radius 1 is 0.525 bits per heavy atom. The van der Waals surface area contributed by atoms with Gasteiger partial charge in [0.2, 0.25) is 25.3 Å². The number of nitrogens with zero attached hydrogens (tertiary/aromatic N) is 1. The Balaban J connectivity index is 1.46. The lowest BCUT2D eigenvalue weighted by atomic mass is 9.91. The summed E-state index contributed by atoms with van der Waals surface area (Å²) in [5, 5.41) is 1.98. The van der Waals surface area contributed by atoms with Crippen LogP contribution in [-0.2, 0) is 31.7 Å². The minimum absolute atomic E-state index is 0.116. The van der Waals surface area contributed by atoms with E-state index in [4.69, 9.17) is 9.47 Å². The molecule has 0 fully saturated rings. The number of carbonyl (C=O) groups is 2. The average molecular weight is 854 g/mol. The summed E-state index contributed by atoms with van der Waals surface area (Å²) in [6, 6.07) is 40.2. The molecule has 0 radical (unpaired) electrons. The Labute approximate surface area is 361 Å². The topological polar surface area (TPSA) is 90.0 Å². The summed E-state index contributed by atoms with van der Waals surface area (Å²) in [4.78, 5) is 32.4. The van der Waals surface area contributed by atoms with E-state index in [-0.39, 0.29) is 6.04 Å². The summed E-state index contributed by atoms with van der Waals surface area (Å²) in [5.74, 6) is 0. The van der Waals surface area contributed by atoms with Gasteiger partial charge in [0.1, 0.15) is 0 Å². The van der Waals surface area contributed by atoms with Crippen LogP contribution in [0.2, 0.25) is 0 Å². The maximum absolute atomic E-state index is 15.4. The number of methoxy groups -OCH3 is 1. The molecule has 0 saturated heterocycles. The first-order valence-electron chi connectivity index (χ1n) is 20.8. The van der Waals surface area contributed by atoms with Crippen LogP contribution in [0.25, 0.3) is 0 Å². The van der Waals surface area contributed by atoms with Crippen LogP contribution < -0.4 is 21.2 Å². The minimum atomic E-state index is -3.79. The van der Waals surface area contributed by atoms with E-state index in [1.165, 1.54) is 0 Å². The highest BCUT2D eigenvalue weighted by Gasteiger charge is 2.40. The van der Waals surface area contributed by atoms with Gasteiger partial charge in [0.05, 0.1) is 19.8 Å². The Kier molecular flexibility index (Phi) is 14.8. The van der Waals surface area contributed by atoms with E-state index >= 15 is 18.7 Å². The normalized spacial score (nSPS) is 12.4. The zero-order chi connectivity index (χ0) is 43.9. The molecule has 0 heterocycles. The minimum Gasteiger partial charge on any atom is -0.382 e. The van der Waals surface area contributed by atoms with E-state index in [1.54, 1.807) is 55.6 Å². The van der Waals surface area contributed by atoms with Crippen molar-refractivity contribution in [1.82, 2.24) is 4.90 Å². The van der Waals surface area contributed by atoms with Gasteiger partial charge in [-0.2, -0.15) is 0 Å². The van der Waals surface area contributed by atoms with Gasteiger partial charge in [0.15, 0.2) is 0 Å². The second-order valence-corrected chi connectivity index (χ2v) is 21.3. The number of rotatable bonds is 18. The number of benzene rings is 6. The number of aryl methyl sites for hydroxylation is 4. The molecule has 61 heavy (non-hydrogen) atoms. The molecule has 0 aliphatic rings. The molecule has 0 bridgehead atoms. The van der Waals surface area contributed by atoms with E-state index in [0.717, 1.165) is 44.5 Å². The third kappa shape index (κ3) is 9.28. The largest absolute Gasteiger partial charge is 0.382 e. The monoisotopic (exact) mass is 853 g/mol. The fourth-order valence-electron chi connectivity index (χ4n) is 8.51. The molecule has 0 amide bonds. The van der Waals surface area contributed by atoms with Crippen molar-refractivity contribution in [1.29, 1.82) is 0 Å². The first kappa shape index (κ1) is 45.5. The molecule has 0 aromatic heterocycles. The predicted octanol–water partition coefficient (Wildman–Crippen LogP) is 9.90. The van der Waals surface area contributed by atoms with E-state index in [9.17, 15) is 0 Å². The van der Waals surface area contributed by atoms with Crippen LogP contribution >= 0.6 is 14.3 Å². The molecule has 6 aromatic rings. The van der Waals surface area contributed by atoms with Crippen LogP contribution in [0.4, 0.5) is 0 Å². The fraction of sp³-hybridized carbons (Fsp3) is 0.269. The molecular weight excluding hydrogens is 797 g/mol. The SMILES string of the molecule is COCCOCC(C)N(Cc1c(C)cc(C)c(C(=O)P(=O)(c2ccccc2)c2ccccc2)c1C)Cc1c(C)cc(C)c(C(=O)P(=O)(c2ccccc2)c2ccccc2)c1C. The van der Waals surface area contributed by atoms with Gasteiger partial charge < -0.3 is 18.6 Å². The number of hydrogen-bond donors (Lipinski definition) is 0. The summed E-state index contributed by atoms with van der Waals surface area (Å²) in [6.07, 6.45) is 0. The van der Waals surface area contributed by atoms with Crippen molar-refractivity contribution in [2.75, 3.05) is 26.9 Å². The Morgan fingerprint density at radius 2 is 0.852 bits per heavy atom. The second kappa shape index (κ2) is 19.8. The van der Waals surface area contributed by atoms with Crippen molar-refractivity contribution >= 4 is 46.6 Å². The summed E-state index contributed by atoms with van der Waals surface area (Å²) in [5.41, 5.74) is 7.21.